The maximum Gasteiger partial charge on any atom is 0.292 e. The van der Waals surface area contributed by atoms with Crippen molar-refractivity contribution in [2.75, 3.05) is 43.1 Å². The molecule has 0 spiro atoms. The van der Waals surface area contributed by atoms with Gasteiger partial charge in [-0.15, -0.1) is 0 Å². The van der Waals surface area contributed by atoms with Crippen LogP contribution in [-0.4, -0.2) is 56.3 Å². The maximum absolute atomic E-state index is 13.0. The molecule has 0 aromatic heterocycles. The van der Waals surface area contributed by atoms with Crippen molar-refractivity contribution >= 4 is 23.2 Å². The zero-order chi connectivity index (χ0) is 19.7. The lowest BCUT2D eigenvalue weighted by Gasteiger charge is -2.35. The Labute approximate surface area is 163 Å². The number of benzene rings is 2. The van der Waals surface area contributed by atoms with Gasteiger partial charge in [-0.1, -0.05) is 6.07 Å². The molecule has 2 saturated heterocycles. The highest BCUT2D eigenvalue weighted by atomic mass is 16.5. The summed E-state index contributed by atoms with van der Waals surface area (Å²) in [7, 11) is 1.56. The second-order valence-corrected chi connectivity index (χ2v) is 7.19. The van der Waals surface area contributed by atoms with Gasteiger partial charge in [0.25, 0.3) is 5.91 Å². The number of hydrogen-bond donors (Lipinski definition) is 2. The molecule has 28 heavy (non-hydrogen) atoms. The van der Waals surface area contributed by atoms with Crippen molar-refractivity contribution in [3.05, 3.63) is 48.5 Å². The number of nitrogens with one attached hydrogen (secondary N) is 1. The second kappa shape index (κ2) is 7.52. The van der Waals surface area contributed by atoms with Crippen LogP contribution in [0.3, 0.4) is 0 Å². The van der Waals surface area contributed by atoms with Crippen LogP contribution in [0.4, 0.5) is 11.4 Å². The van der Waals surface area contributed by atoms with E-state index in [0.29, 0.717) is 11.4 Å². The van der Waals surface area contributed by atoms with E-state index >= 15 is 0 Å². The largest absolute Gasteiger partial charge is 0.508 e. The lowest BCUT2D eigenvalue weighted by atomic mass is 10.1. The SMILES string of the molecule is COc1cccc(N2C(=O)C[C@H]([NH+]3CCN(c4ccc(O)cc4)CC3)C2=O)c1. The van der Waals surface area contributed by atoms with Crippen LogP contribution in [0, 0.1) is 0 Å². The first-order valence-electron chi connectivity index (χ1n) is 9.46. The number of quaternary nitrogens is 1. The molecule has 7 heteroatoms. The molecule has 2 amide bonds. The van der Waals surface area contributed by atoms with E-state index in [9.17, 15) is 14.7 Å². The van der Waals surface area contributed by atoms with Gasteiger partial charge in [-0.2, -0.15) is 0 Å². The molecule has 0 bridgehead atoms. The van der Waals surface area contributed by atoms with Crippen molar-refractivity contribution in [3.63, 3.8) is 0 Å². The number of imide groups is 1. The van der Waals surface area contributed by atoms with Crippen molar-refractivity contribution in [2.24, 2.45) is 0 Å². The fraction of sp³-hybridized carbons (Fsp3) is 0.333. The standard InChI is InChI=1S/C21H23N3O4/c1-28-18-4-2-3-16(13-18)24-20(26)14-19(21(24)27)23-11-9-22(10-12-23)15-5-7-17(25)8-6-15/h2-8,13,19,25H,9-12,14H2,1H3/p+1/t19-/m0/s1. The summed E-state index contributed by atoms with van der Waals surface area (Å²) in [6.45, 7) is 3.18. The van der Waals surface area contributed by atoms with E-state index in [4.69, 9.17) is 4.74 Å². The number of carbonyl (C=O) groups excluding carboxylic acids is 2. The molecule has 2 heterocycles. The first-order valence-corrected chi connectivity index (χ1v) is 9.46. The third-order valence-electron chi connectivity index (χ3n) is 5.57. The van der Waals surface area contributed by atoms with Crippen molar-refractivity contribution < 1.29 is 24.3 Å². The molecule has 146 valence electrons. The van der Waals surface area contributed by atoms with Gasteiger partial charge in [0.05, 0.1) is 45.4 Å². The quantitative estimate of drug-likeness (QED) is 0.751. The molecular weight excluding hydrogens is 358 g/mol. The molecule has 0 saturated carbocycles. The Balaban J connectivity index is 1.44. The van der Waals surface area contributed by atoms with Gasteiger partial charge in [0.15, 0.2) is 6.04 Å². The van der Waals surface area contributed by atoms with E-state index < -0.39 is 0 Å². The maximum atomic E-state index is 13.0. The first-order chi connectivity index (χ1) is 13.6. The van der Waals surface area contributed by atoms with Gasteiger partial charge in [-0.25, -0.2) is 4.90 Å². The molecule has 2 aromatic carbocycles. The van der Waals surface area contributed by atoms with E-state index in [1.165, 1.54) is 4.90 Å². The number of phenols is 1. The van der Waals surface area contributed by atoms with Gasteiger partial charge in [0.1, 0.15) is 11.5 Å². The third-order valence-corrected chi connectivity index (χ3v) is 5.57. The lowest BCUT2D eigenvalue weighted by molar-refractivity contribution is -0.915. The molecule has 2 N–H and O–H groups in total. The Morgan fingerprint density at radius 1 is 1.04 bits per heavy atom. The average molecular weight is 382 g/mol. The number of methoxy groups -OCH3 is 1. The molecule has 0 radical (unpaired) electrons. The Bertz CT molecular complexity index is 875. The number of hydrogen-bond acceptors (Lipinski definition) is 5. The van der Waals surface area contributed by atoms with Crippen molar-refractivity contribution in [1.29, 1.82) is 0 Å². The minimum atomic E-state index is -0.333. The molecule has 2 aliphatic heterocycles. The Hall–Kier alpha value is -3.06. The van der Waals surface area contributed by atoms with Gasteiger partial charge in [-0.3, -0.25) is 9.59 Å². The highest BCUT2D eigenvalue weighted by molar-refractivity contribution is 6.21. The van der Waals surface area contributed by atoms with E-state index in [0.717, 1.165) is 36.8 Å². The van der Waals surface area contributed by atoms with Gasteiger partial charge in [-0.05, 0) is 36.4 Å². The van der Waals surface area contributed by atoms with Crippen LogP contribution in [0.25, 0.3) is 0 Å². The van der Waals surface area contributed by atoms with Gasteiger partial charge in [0, 0.05) is 11.8 Å². The number of ether oxygens (including phenoxy) is 1. The Kier molecular flexibility index (Phi) is 4.92. The number of carbonyl (C=O) groups is 2. The summed E-state index contributed by atoms with van der Waals surface area (Å²) in [5.41, 5.74) is 1.63. The van der Waals surface area contributed by atoms with Crippen molar-refractivity contribution in [2.45, 2.75) is 12.5 Å². The number of piperazine rings is 1. The van der Waals surface area contributed by atoms with Crippen LogP contribution in [0.2, 0.25) is 0 Å². The number of phenolic OH excluding ortho intramolecular Hbond substituents is 1. The fourth-order valence-corrected chi connectivity index (χ4v) is 4.04. The van der Waals surface area contributed by atoms with E-state index in [-0.39, 0.29) is 30.0 Å². The minimum absolute atomic E-state index is 0.133. The third kappa shape index (κ3) is 3.41. The first kappa shape index (κ1) is 18.3. The fourth-order valence-electron chi connectivity index (χ4n) is 4.04. The average Bonchev–Trinajstić information content (AvgIpc) is 3.03. The molecule has 0 unspecified atom stereocenters. The lowest BCUT2D eigenvalue weighted by Crippen LogP contribution is -3.19. The summed E-state index contributed by atoms with van der Waals surface area (Å²) in [6.07, 6.45) is 0.241. The summed E-state index contributed by atoms with van der Waals surface area (Å²) in [5, 5.41) is 9.44. The number of anilines is 2. The highest BCUT2D eigenvalue weighted by Gasteiger charge is 2.46. The molecule has 2 aliphatic rings. The van der Waals surface area contributed by atoms with Crippen molar-refractivity contribution in [1.82, 2.24) is 0 Å². The number of nitrogens with zero attached hydrogens (tertiary/aromatic N) is 2. The molecule has 4 rings (SSSR count). The highest BCUT2D eigenvalue weighted by Crippen LogP contribution is 2.26. The summed E-state index contributed by atoms with van der Waals surface area (Å²) in [6, 6.07) is 13.9. The van der Waals surface area contributed by atoms with E-state index in [1.54, 1.807) is 43.5 Å². The van der Waals surface area contributed by atoms with E-state index in [2.05, 4.69) is 4.90 Å². The zero-order valence-electron chi connectivity index (χ0n) is 15.8. The monoisotopic (exact) mass is 382 g/mol. The van der Waals surface area contributed by atoms with Crippen LogP contribution < -0.4 is 19.4 Å². The normalized spacial score (nSPS) is 20.7. The predicted molar refractivity (Wildman–Crippen MR) is 105 cm³/mol. The number of amides is 2. The van der Waals surface area contributed by atoms with Crippen LogP contribution in [0.1, 0.15) is 6.42 Å². The molecule has 1 atom stereocenters. The Morgan fingerprint density at radius 3 is 2.43 bits per heavy atom. The summed E-state index contributed by atoms with van der Waals surface area (Å²) in [4.78, 5) is 30.3. The topological polar surface area (TPSA) is 74.5 Å². The van der Waals surface area contributed by atoms with Crippen LogP contribution in [-0.2, 0) is 9.59 Å². The molecular formula is C21H24N3O4+. The zero-order valence-corrected chi connectivity index (χ0v) is 15.8. The summed E-state index contributed by atoms with van der Waals surface area (Å²) < 4.78 is 5.21. The number of rotatable bonds is 4. The molecule has 7 nitrogen and oxygen atoms in total. The second-order valence-electron chi connectivity index (χ2n) is 7.19. The molecule has 2 aromatic rings. The van der Waals surface area contributed by atoms with Crippen LogP contribution >= 0.6 is 0 Å². The molecule has 2 fully saturated rings. The molecule has 0 aliphatic carbocycles. The number of aromatic hydroxyl groups is 1. The summed E-state index contributed by atoms with van der Waals surface area (Å²) in [5.74, 6) is 0.583. The predicted octanol–water partition coefficient (Wildman–Crippen LogP) is 0.438. The smallest absolute Gasteiger partial charge is 0.292 e. The van der Waals surface area contributed by atoms with Crippen LogP contribution in [0.15, 0.2) is 48.5 Å². The van der Waals surface area contributed by atoms with Gasteiger partial charge in [0.2, 0.25) is 5.91 Å². The van der Waals surface area contributed by atoms with E-state index in [1.807, 2.05) is 12.1 Å². The van der Waals surface area contributed by atoms with Gasteiger partial charge >= 0.3 is 0 Å². The van der Waals surface area contributed by atoms with Crippen molar-refractivity contribution in [3.8, 4) is 11.5 Å². The van der Waals surface area contributed by atoms with Gasteiger partial charge < -0.3 is 19.6 Å². The summed E-state index contributed by atoms with van der Waals surface area (Å²) >= 11 is 0. The minimum Gasteiger partial charge on any atom is -0.508 e. The van der Waals surface area contributed by atoms with Crippen LogP contribution in [0.5, 0.6) is 11.5 Å². The Morgan fingerprint density at radius 2 is 1.75 bits per heavy atom.